The highest BCUT2D eigenvalue weighted by atomic mass is 79.9. The number of fused-ring (bicyclic) bond motifs is 1. The van der Waals surface area contributed by atoms with Crippen LogP contribution in [0.25, 0.3) is 0 Å². The summed E-state index contributed by atoms with van der Waals surface area (Å²) >= 11 is 3.29. The van der Waals surface area contributed by atoms with Gasteiger partial charge in [0.2, 0.25) is 0 Å². The van der Waals surface area contributed by atoms with Gasteiger partial charge in [0.15, 0.2) is 0 Å². The summed E-state index contributed by atoms with van der Waals surface area (Å²) in [5, 5.41) is 0. The Morgan fingerprint density at radius 1 is 1.15 bits per heavy atom. The molecule has 0 saturated carbocycles. The van der Waals surface area contributed by atoms with E-state index in [4.69, 9.17) is 5.73 Å². The van der Waals surface area contributed by atoms with Gasteiger partial charge in [-0.25, -0.2) is 8.42 Å². The number of benzene rings is 2. The largest absolute Gasteiger partial charge is 0.399 e. The smallest absolute Gasteiger partial charge is 0.265 e. The van der Waals surface area contributed by atoms with Crippen LogP contribution in [0, 0.1) is 0 Å². The fraction of sp³-hybridized carbons (Fsp3) is 0.143. The van der Waals surface area contributed by atoms with Gasteiger partial charge < -0.3 is 5.73 Å². The number of nitrogen functional groups attached to an aromatic ring is 1. The quantitative estimate of drug-likeness (QED) is 0.845. The van der Waals surface area contributed by atoms with Gasteiger partial charge in [-0.3, -0.25) is 4.31 Å². The van der Waals surface area contributed by atoms with Crippen molar-refractivity contribution < 1.29 is 8.42 Å². The minimum Gasteiger partial charge on any atom is -0.399 e. The maximum Gasteiger partial charge on any atom is 0.265 e. The third kappa shape index (κ3) is 2.09. The molecule has 2 aromatic rings. The number of rotatable bonds is 2. The Morgan fingerprint density at radius 2 is 1.90 bits per heavy atom. The van der Waals surface area contributed by atoms with Gasteiger partial charge in [0, 0.05) is 16.7 Å². The van der Waals surface area contributed by atoms with Crippen molar-refractivity contribution in [1.29, 1.82) is 0 Å². The number of nitrogens with two attached hydrogens (primary N) is 1. The molecule has 2 aromatic carbocycles. The van der Waals surface area contributed by atoms with Crippen molar-refractivity contribution in [2.45, 2.75) is 11.3 Å². The lowest BCUT2D eigenvalue weighted by Crippen LogP contribution is -2.29. The van der Waals surface area contributed by atoms with Crippen molar-refractivity contribution in [1.82, 2.24) is 0 Å². The number of nitrogens with zero attached hydrogens (tertiary/aromatic N) is 1. The van der Waals surface area contributed by atoms with Crippen molar-refractivity contribution in [2.75, 3.05) is 16.6 Å². The van der Waals surface area contributed by atoms with Crippen molar-refractivity contribution >= 4 is 37.3 Å². The zero-order valence-corrected chi connectivity index (χ0v) is 13.0. The van der Waals surface area contributed by atoms with Gasteiger partial charge in [-0.05, 0) is 52.2 Å². The second-order valence-corrected chi connectivity index (χ2v) is 7.33. The SMILES string of the molecule is Nc1ccc(Br)c(S(=O)(=O)N2CCc3ccccc32)c1. The summed E-state index contributed by atoms with van der Waals surface area (Å²) in [7, 11) is -3.60. The molecule has 0 atom stereocenters. The molecule has 0 saturated heterocycles. The molecule has 6 heteroatoms. The Hall–Kier alpha value is -1.53. The first kappa shape index (κ1) is 13.5. The highest BCUT2D eigenvalue weighted by Crippen LogP contribution is 2.35. The van der Waals surface area contributed by atoms with Gasteiger partial charge in [0.25, 0.3) is 10.0 Å². The maximum atomic E-state index is 12.8. The third-order valence-corrected chi connectivity index (χ3v) is 6.17. The summed E-state index contributed by atoms with van der Waals surface area (Å²) < 4.78 is 27.6. The number of hydrogen-bond donors (Lipinski definition) is 1. The summed E-state index contributed by atoms with van der Waals surface area (Å²) in [6.07, 6.45) is 0.731. The molecule has 1 heterocycles. The molecule has 0 amide bonds. The van der Waals surface area contributed by atoms with E-state index < -0.39 is 10.0 Å². The van der Waals surface area contributed by atoms with Crippen LogP contribution in [0.2, 0.25) is 0 Å². The van der Waals surface area contributed by atoms with E-state index in [1.54, 1.807) is 12.1 Å². The van der Waals surface area contributed by atoms with Gasteiger partial charge in [-0.2, -0.15) is 0 Å². The highest BCUT2D eigenvalue weighted by molar-refractivity contribution is 9.10. The van der Waals surface area contributed by atoms with Gasteiger partial charge in [0.05, 0.1) is 5.69 Å². The van der Waals surface area contributed by atoms with Crippen LogP contribution in [0.4, 0.5) is 11.4 Å². The first-order valence-electron chi connectivity index (χ1n) is 6.16. The molecular weight excluding hydrogens is 340 g/mol. The van der Waals surface area contributed by atoms with Crippen molar-refractivity contribution in [2.24, 2.45) is 0 Å². The van der Waals surface area contributed by atoms with E-state index in [1.165, 1.54) is 10.4 Å². The second-order valence-electron chi connectivity index (χ2n) is 4.65. The summed E-state index contributed by atoms with van der Waals surface area (Å²) in [6.45, 7) is 0.461. The second kappa shape index (κ2) is 4.79. The van der Waals surface area contributed by atoms with E-state index >= 15 is 0 Å². The Morgan fingerprint density at radius 3 is 2.70 bits per heavy atom. The highest BCUT2D eigenvalue weighted by Gasteiger charge is 2.31. The Kier molecular flexibility index (Phi) is 3.22. The van der Waals surface area contributed by atoms with Crippen LogP contribution in [-0.4, -0.2) is 15.0 Å². The summed E-state index contributed by atoms with van der Waals surface area (Å²) in [5.41, 5.74) is 7.95. The molecule has 0 unspecified atom stereocenters. The molecule has 0 spiro atoms. The fourth-order valence-electron chi connectivity index (χ4n) is 2.39. The van der Waals surface area contributed by atoms with Crippen LogP contribution < -0.4 is 10.0 Å². The zero-order valence-electron chi connectivity index (χ0n) is 10.6. The fourth-order valence-corrected chi connectivity index (χ4v) is 4.86. The number of hydrogen-bond acceptors (Lipinski definition) is 3. The lowest BCUT2D eigenvalue weighted by molar-refractivity contribution is 0.592. The molecular formula is C14H13BrN2O2S. The molecule has 20 heavy (non-hydrogen) atoms. The van der Waals surface area contributed by atoms with Crippen LogP contribution in [0.15, 0.2) is 51.8 Å². The Labute approximate surface area is 126 Å². The minimum atomic E-state index is -3.60. The molecule has 0 aromatic heterocycles. The number of para-hydroxylation sites is 1. The van der Waals surface area contributed by atoms with E-state index in [0.717, 1.165) is 17.7 Å². The first-order valence-corrected chi connectivity index (χ1v) is 8.39. The van der Waals surface area contributed by atoms with Crippen molar-refractivity contribution in [3.05, 3.63) is 52.5 Å². The van der Waals surface area contributed by atoms with Crippen LogP contribution in [-0.2, 0) is 16.4 Å². The first-order chi connectivity index (χ1) is 9.50. The van der Waals surface area contributed by atoms with Crippen molar-refractivity contribution in [3.8, 4) is 0 Å². The van der Waals surface area contributed by atoms with Crippen LogP contribution in [0.3, 0.4) is 0 Å². The minimum absolute atomic E-state index is 0.203. The average molecular weight is 353 g/mol. The average Bonchev–Trinajstić information content (AvgIpc) is 2.86. The molecule has 0 radical (unpaired) electrons. The summed E-state index contributed by atoms with van der Waals surface area (Å²) in [4.78, 5) is 0.203. The van der Waals surface area contributed by atoms with Crippen LogP contribution in [0.1, 0.15) is 5.56 Å². The Bertz CT molecular complexity index is 774. The van der Waals surface area contributed by atoms with Crippen molar-refractivity contribution in [3.63, 3.8) is 0 Å². The predicted molar refractivity (Wildman–Crippen MR) is 83.2 cm³/mol. The van der Waals surface area contributed by atoms with Gasteiger partial charge in [-0.1, -0.05) is 18.2 Å². The Balaban J connectivity index is 2.13. The third-order valence-electron chi connectivity index (χ3n) is 3.37. The molecule has 1 aliphatic rings. The molecule has 0 aliphatic carbocycles. The van der Waals surface area contributed by atoms with Gasteiger partial charge in [-0.15, -0.1) is 0 Å². The molecule has 0 bridgehead atoms. The molecule has 1 aliphatic heterocycles. The lowest BCUT2D eigenvalue weighted by Gasteiger charge is -2.20. The molecule has 104 valence electrons. The molecule has 4 nitrogen and oxygen atoms in total. The normalized spacial score (nSPS) is 14.3. The number of sulfonamides is 1. The predicted octanol–water partition coefficient (Wildman–Crippen LogP) is 2.78. The van der Waals surface area contributed by atoms with E-state index in [0.29, 0.717) is 16.7 Å². The van der Waals surface area contributed by atoms with Gasteiger partial charge >= 0.3 is 0 Å². The molecule has 3 rings (SSSR count). The van der Waals surface area contributed by atoms with Gasteiger partial charge in [0.1, 0.15) is 4.90 Å². The van der Waals surface area contributed by atoms with Crippen LogP contribution in [0.5, 0.6) is 0 Å². The number of anilines is 2. The molecule has 0 fully saturated rings. The summed E-state index contributed by atoms with van der Waals surface area (Å²) in [6, 6.07) is 12.4. The summed E-state index contributed by atoms with van der Waals surface area (Å²) in [5.74, 6) is 0. The van der Waals surface area contributed by atoms with E-state index in [-0.39, 0.29) is 4.90 Å². The standard InChI is InChI=1S/C14H13BrN2O2S/c15-12-6-5-11(16)9-14(12)20(18,19)17-8-7-10-3-1-2-4-13(10)17/h1-6,9H,7-8,16H2. The monoisotopic (exact) mass is 352 g/mol. The maximum absolute atomic E-state index is 12.8. The zero-order chi connectivity index (χ0) is 14.3. The van der Waals surface area contributed by atoms with E-state index in [1.807, 2.05) is 24.3 Å². The van der Waals surface area contributed by atoms with E-state index in [9.17, 15) is 8.42 Å². The van der Waals surface area contributed by atoms with E-state index in [2.05, 4.69) is 15.9 Å². The topological polar surface area (TPSA) is 63.4 Å². The molecule has 2 N–H and O–H groups in total. The van der Waals surface area contributed by atoms with Crippen LogP contribution >= 0.6 is 15.9 Å². The number of halogens is 1. The lowest BCUT2D eigenvalue weighted by atomic mass is 10.2.